The molecule has 1 aromatic carbocycles. The first-order valence-corrected chi connectivity index (χ1v) is 9.73. The maximum atomic E-state index is 5.86. The number of benzene rings is 1. The quantitative estimate of drug-likeness (QED) is 0.358. The van der Waals surface area contributed by atoms with Crippen molar-refractivity contribution in [3.63, 3.8) is 0 Å². The van der Waals surface area contributed by atoms with E-state index in [1.165, 1.54) is 4.88 Å². The third-order valence-electron chi connectivity index (χ3n) is 3.79. The van der Waals surface area contributed by atoms with Crippen LogP contribution in [0, 0.1) is 0 Å². The molecule has 7 heteroatoms. The summed E-state index contributed by atoms with van der Waals surface area (Å²) in [5.41, 5.74) is 0.924. The molecular weight excluding hydrogens is 352 g/mol. The van der Waals surface area contributed by atoms with Crippen LogP contribution in [0.15, 0.2) is 52.2 Å². The van der Waals surface area contributed by atoms with E-state index in [0.717, 1.165) is 27.2 Å². The van der Waals surface area contributed by atoms with E-state index in [1.54, 1.807) is 29.4 Å². The van der Waals surface area contributed by atoms with Crippen molar-refractivity contribution in [2.75, 3.05) is 0 Å². The van der Waals surface area contributed by atoms with E-state index in [9.17, 15) is 0 Å². The molecule has 0 aliphatic carbocycles. The lowest BCUT2D eigenvalue weighted by Gasteiger charge is -2.06. The van der Waals surface area contributed by atoms with Crippen molar-refractivity contribution in [1.29, 1.82) is 0 Å². The molecule has 5 nitrogen and oxygen atoms in total. The van der Waals surface area contributed by atoms with Crippen LogP contribution in [-0.2, 0) is 6.42 Å². The Morgan fingerprint density at radius 3 is 2.80 bits per heavy atom. The standard InChI is InChI=1S/C18H16N4OS2/c1-3-13-9-14-17(19-10-20-18(14)25-13)24-11(2)15-21-22-16(23-15)12-7-5-4-6-8-12/h4-11H,3H2,1-2H3/t11-/m1/s1. The fourth-order valence-electron chi connectivity index (χ4n) is 2.47. The van der Waals surface area contributed by atoms with E-state index < -0.39 is 0 Å². The van der Waals surface area contributed by atoms with E-state index in [4.69, 9.17) is 4.42 Å². The Labute approximate surface area is 153 Å². The number of aryl methyl sites for hydroxylation is 1. The smallest absolute Gasteiger partial charge is 0.247 e. The largest absolute Gasteiger partial charge is 0.419 e. The van der Waals surface area contributed by atoms with Gasteiger partial charge in [-0.25, -0.2) is 9.97 Å². The van der Waals surface area contributed by atoms with Gasteiger partial charge in [0.15, 0.2) is 0 Å². The van der Waals surface area contributed by atoms with Crippen LogP contribution >= 0.6 is 23.1 Å². The van der Waals surface area contributed by atoms with E-state index in [-0.39, 0.29) is 5.25 Å². The van der Waals surface area contributed by atoms with Crippen molar-refractivity contribution >= 4 is 33.3 Å². The summed E-state index contributed by atoms with van der Waals surface area (Å²) in [6.07, 6.45) is 2.63. The Kier molecular flexibility index (Phi) is 4.50. The molecule has 3 heterocycles. The molecule has 1 atom stereocenters. The highest BCUT2D eigenvalue weighted by atomic mass is 32.2. The van der Waals surface area contributed by atoms with Crippen LogP contribution < -0.4 is 0 Å². The van der Waals surface area contributed by atoms with Crippen molar-refractivity contribution in [2.24, 2.45) is 0 Å². The second kappa shape index (κ2) is 6.93. The van der Waals surface area contributed by atoms with E-state index in [1.807, 2.05) is 37.3 Å². The molecule has 0 aliphatic heterocycles. The Balaban J connectivity index is 1.59. The van der Waals surface area contributed by atoms with Gasteiger partial charge in [0.1, 0.15) is 16.2 Å². The van der Waals surface area contributed by atoms with Crippen molar-refractivity contribution in [3.8, 4) is 11.5 Å². The summed E-state index contributed by atoms with van der Waals surface area (Å²) in [5, 5.41) is 10.4. The molecule has 0 bridgehead atoms. The van der Waals surface area contributed by atoms with Crippen LogP contribution in [-0.4, -0.2) is 20.2 Å². The normalized spacial score (nSPS) is 12.6. The van der Waals surface area contributed by atoms with Gasteiger partial charge in [-0.3, -0.25) is 0 Å². The van der Waals surface area contributed by atoms with Crippen LogP contribution in [0.1, 0.15) is 29.9 Å². The topological polar surface area (TPSA) is 64.7 Å². The predicted octanol–water partition coefficient (Wildman–Crippen LogP) is 5.16. The average Bonchev–Trinajstić information content (AvgIpc) is 3.30. The van der Waals surface area contributed by atoms with Crippen molar-refractivity contribution in [3.05, 3.63) is 53.5 Å². The molecular formula is C18H16N4OS2. The number of aromatic nitrogens is 4. The van der Waals surface area contributed by atoms with Gasteiger partial charge in [-0.15, -0.1) is 21.5 Å². The van der Waals surface area contributed by atoms with Crippen LogP contribution in [0.3, 0.4) is 0 Å². The molecule has 0 N–H and O–H groups in total. The number of hydrogen-bond acceptors (Lipinski definition) is 7. The molecule has 0 aliphatic rings. The third-order valence-corrected chi connectivity index (χ3v) is 6.08. The van der Waals surface area contributed by atoms with Gasteiger partial charge in [0.05, 0.1) is 5.25 Å². The molecule has 0 amide bonds. The fraction of sp³-hybridized carbons (Fsp3) is 0.222. The second-order valence-electron chi connectivity index (χ2n) is 5.54. The number of rotatable bonds is 5. The highest BCUT2D eigenvalue weighted by Crippen LogP contribution is 2.38. The zero-order chi connectivity index (χ0) is 17.2. The lowest BCUT2D eigenvalue weighted by molar-refractivity contribution is 0.509. The van der Waals surface area contributed by atoms with Crippen molar-refractivity contribution in [2.45, 2.75) is 30.5 Å². The average molecular weight is 368 g/mol. The Morgan fingerprint density at radius 1 is 1.16 bits per heavy atom. The molecule has 3 aromatic heterocycles. The van der Waals surface area contributed by atoms with Crippen LogP contribution in [0.25, 0.3) is 21.7 Å². The minimum Gasteiger partial charge on any atom is -0.419 e. The van der Waals surface area contributed by atoms with Crippen LogP contribution in [0.5, 0.6) is 0 Å². The maximum absolute atomic E-state index is 5.86. The SMILES string of the molecule is CCc1cc2c(S[C@H](C)c3nnc(-c4ccccc4)o3)ncnc2s1. The highest BCUT2D eigenvalue weighted by molar-refractivity contribution is 7.99. The van der Waals surface area contributed by atoms with Crippen LogP contribution in [0.4, 0.5) is 0 Å². The first kappa shape index (κ1) is 16.2. The number of thiophene rings is 1. The molecule has 0 unspecified atom stereocenters. The summed E-state index contributed by atoms with van der Waals surface area (Å²) >= 11 is 3.34. The zero-order valence-corrected chi connectivity index (χ0v) is 15.5. The van der Waals surface area contributed by atoms with Gasteiger partial charge in [-0.2, -0.15) is 0 Å². The number of nitrogens with zero attached hydrogens (tertiary/aromatic N) is 4. The summed E-state index contributed by atoms with van der Waals surface area (Å²) in [4.78, 5) is 11.2. The summed E-state index contributed by atoms with van der Waals surface area (Å²) in [6.45, 7) is 4.20. The van der Waals surface area contributed by atoms with Gasteiger partial charge in [0.2, 0.25) is 11.8 Å². The number of fused-ring (bicyclic) bond motifs is 1. The van der Waals surface area contributed by atoms with Gasteiger partial charge in [0.25, 0.3) is 0 Å². The first-order valence-electron chi connectivity index (χ1n) is 8.03. The van der Waals surface area contributed by atoms with Gasteiger partial charge < -0.3 is 4.42 Å². The minimum atomic E-state index is 0.00744. The van der Waals surface area contributed by atoms with Gasteiger partial charge in [-0.1, -0.05) is 36.9 Å². The lowest BCUT2D eigenvalue weighted by Crippen LogP contribution is -1.91. The summed E-state index contributed by atoms with van der Waals surface area (Å²) < 4.78 is 5.86. The molecule has 4 rings (SSSR count). The lowest BCUT2D eigenvalue weighted by atomic mass is 10.2. The van der Waals surface area contributed by atoms with Crippen molar-refractivity contribution < 1.29 is 4.42 Å². The molecule has 0 saturated heterocycles. The molecule has 126 valence electrons. The van der Waals surface area contributed by atoms with E-state index in [2.05, 4.69) is 33.2 Å². The second-order valence-corrected chi connectivity index (χ2v) is 7.98. The van der Waals surface area contributed by atoms with Gasteiger partial charge in [0, 0.05) is 15.8 Å². The van der Waals surface area contributed by atoms with Gasteiger partial charge >= 0.3 is 0 Å². The summed E-state index contributed by atoms with van der Waals surface area (Å²) in [6, 6.07) is 12.0. The molecule has 0 saturated carbocycles. The van der Waals surface area contributed by atoms with Gasteiger partial charge in [-0.05, 0) is 31.5 Å². The maximum Gasteiger partial charge on any atom is 0.247 e. The molecule has 4 aromatic rings. The molecule has 0 radical (unpaired) electrons. The third kappa shape index (κ3) is 3.29. The summed E-state index contributed by atoms with van der Waals surface area (Å²) in [5.74, 6) is 1.14. The first-order chi connectivity index (χ1) is 12.2. The van der Waals surface area contributed by atoms with Crippen molar-refractivity contribution in [1.82, 2.24) is 20.2 Å². The van der Waals surface area contributed by atoms with E-state index in [0.29, 0.717) is 11.8 Å². The number of hydrogen-bond donors (Lipinski definition) is 0. The van der Waals surface area contributed by atoms with E-state index >= 15 is 0 Å². The number of thioether (sulfide) groups is 1. The Hall–Kier alpha value is -2.25. The Morgan fingerprint density at radius 2 is 2.00 bits per heavy atom. The van der Waals surface area contributed by atoms with Crippen LogP contribution in [0.2, 0.25) is 0 Å². The monoisotopic (exact) mass is 368 g/mol. The Bertz CT molecular complexity index is 997. The molecule has 25 heavy (non-hydrogen) atoms. The fourth-order valence-corrected chi connectivity index (χ4v) is 4.39. The summed E-state index contributed by atoms with van der Waals surface area (Å²) in [7, 11) is 0. The zero-order valence-electron chi connectivity index (χ0n) is 13.8. The molecule has 0 fully saturated rings. The predicted molar refractivity (Wildman–Crippen MR) is 101 cm³/mol. The minimum absolute atomic E-state index is 0.00744. The molecule has 0 spiro atoms. The highest BCUT2D eigenvalue weighted by Gasteiger charge is 2.19.